The zero-order valence-corrected chi connectivity index (χ0v) is 17.5. The summed E-state index contributed by atoms with van der Waals surface area (Å²) in [6, 6.07) is 18.9. The highest BCUT2D eigenvalue weighted by Gasteiger charge is 2.25. The first-order valence-electron chi connectivity index (χ1n) is 9.99. The molecule has 1 fully saturated rings. The second kappa shape index (κ2) is 8.71. The smallest absolute Gasteiger partial charge is 0.272 e. The van der Waals surface area contributed by atoms with Crippen molar-refractivity contribution in [3.63, 3.8) is 0 Å². The van der Waals surface area contributed by atoms with Crippen LogP contribution in [0, 0.1) is 0 Å². The maximum Gasteiger partial charge on any atom is 0.272 e. The summed E-state index contributed by atoms with van der Waals surface area (Å²) in [5, 5.41) is 5.37. The number of hydrogen-bond acceptors (Lipinski definition) is 3. The Morgan fingerprint density at radius 1 is 0.900 bits per heavy atom. The van der Waals surface area contributed by atoms with Gasteiger partial charge in [0.1, 0.15) is 5.69 Å². The standard InChI is InChI=1S/C23H23ClN4O2/c1-17(29)26-12-5-13-27(15-14-26)23(30)22-16-21(18-8-10-19(24)11-9-18)25-28(22)20-6-3-2-4-7-20/h2-4,6-11,16H,5,12-15H2,1H3. The topological polar surface area (TPSA) is 58.4 Å². The van der Waals surface area contributed by atoms with E-state index in [0.29, 0.717) is 42.6 Å². The van der Waals surface area contributed by atoms with Gasteiger partial charge in [-0.15, -0.1) is 0 Å². The van der Waals surface area contributed by atoms with E-state index in [1.54, 1.807) is 16.5 Å². The van der Waals surface area contributed by atoms with Gasteiger partial charge in [0, 0.05) is 43.7 Å². The molecule has 0 bridgehead atoms. The molecule has 1 aliphatic rings. The van der Waals surface area contributed by atoms with Gasteiger partial charge in [0.2, 0.25) is 5.91 Å². The summed E-state index contributed by atoms with van der Waals surface area (Å²) in [6.45, 7) is 3.91. The van der Waals surface area contributed by atoms with Crippen molar-refractivity contribution in [2.75, 3.05) is 26.2 Å². The van der Waals surface area contributed by atoms with E-state index in [1.807, 2.05) is 65.6 Å². The molecule has 1 aromatic heterocycles. The minimum atomic E-state index is -0.0861. The van der Waals surface area contributed by atoms with Gasteiger partial charge in [-0.1, -0.05) is 41.9 Å². The molecule has 0 unspecified atom stereocenters. The van der Waals surface area contributed by atoms with Crippen LogP contribution in [0.15, 0.2) is 60.7 Å². The van der Waals surface area contributed by atoms with Crippen molar-refractivity contribution in [1.29, 1.82) is 0 Å². The molecule has 2 heterocycles. The van der Waals surface area contributed by atoms with Crippen LogP contribution in [0.2, 0.25) is 5.02 Å². The molecular weight excluding hydrogens is 400 g/mol. The molecule has 0 radical (unpaired) electrons. The number of carbonyl (C=O) groups is 2. The first-order chi connectivity index (χ1) is 14.5. The predicted molar refractivity (Wildman–Crippen MR) is 117 cm³/mol. The number of para-hydroxylation sites is 1. The second-order valence-corrected chi connectivity index (χ2v) is 7.76. The Labute approximate surface area is 180 Å². The molecule has 0 N–H and O–H groups in total. The van der Waals surface area contributed by atoms with E-state index in [1.165, 1.54) is 0 Å². The van der Waals surface area contributed by atoms with Gasteiger partial charge < -0.3 is 9.80 Å². The summed E-state index contributed by atoms with van der Waals surface area (Å²) in [6.07, 6.45) is 0.759. The summed E-state index contributed by atoms with van der Waals surface area (Å²) in [4.78, 5) is 28.8. The highest BCUT2D eigenvalue weighted by molar-refractivity contribution is 6.30. The molecule has 1 saturated heterocycles. The minimum Gasteiger partial charge on any atom is -0.341 e. The van der Waals surface area contributed by atoms with Crippen molar-refractivity contribution in [1.82, 2.24) is 19.6 Å². The van der Waals surface area contributed by atoms with Crippen LogP contribution in [0.1, 0.15) is 23.8 Å². The van der Waals surface area contributed by atoms with E-state index < -0.39 is 0 Å². The van der Waals surface area contributed by atoms with Crippen LogP contribution in [-0.4, -0.2) is 57.6 Å². The first-order valence-corrected chi connectivity index (χ1v) is 10.4. The molecule has 1 aliphatic heterocycles. The largest absolute Gasteiger partial charge is 0.341 e. The zero-order chi connectivity index (χ0) is 21.1. The number of carbonyl (C=O) groups excluding carboxylic acids is 2. The molecule has 0 saturated carbocycles. The monoisotopic (exact) mass is 422 g/mol. The third kappa shape index (κ3) is 4.24. The Hall–Kier alpha value is -3.12. The van der Waals surface area contributed by atoms with Gasteiger partial charge in [0.15, 0.2) is 0 Å². The quantitative estimate of drug-likeness (QED) is 0.643. The number of benzene rings is 2. The molecule has 30 heavy (non-hydrogen) atoms. The van der Waals surface area contributed by atoms with Crippen LogP contribution in [0.25, 0.3) is 16.9 Å². The summed E-state index contributed by atoms with van der Waals surface area (Å²) in [5.41, 5.74) is 2.92. The lowest BCUT2D eigenvalue weighted by Gasteiger charge is -2.21. The normalized spacial score (nSPS) is 14.5. The van der Waals surface area contributed by atoms with E-state index in [-0.39, 0.29) is 11.8 Å². The number of rotatable bonds is 3. The SMILES string of the molecule is CC(=O)N1CCCN(C(=O)c2cc(-c3ccc(Cl)cc3)nn2-c2ccccc2)CC1. The number of halogens is 1. The molecule has 2 amide bonds. The van der Waals surface area contributed by atoms with Gasteiger partial charge in [-0.3, -0.25) is 9.59 Å². The molecular formula is C23H23ClN4O2. The van der Waals surface area contributed by atoms with Gasteiger partial charge in [0.25, 0.3) is 5.91 Å². The summed E-state index contributed by atoms with van der Waals surface area (Å²) < 4.78 is 1.69. The minimum absolute atomic E-state index is 0.0450. The Kier molecular flexibility index (Phi) is 5.86. The lowest BCUT2D eigenvalue weighted by Crippen LogP contribution is -2.37. The zero-order valence-electron chi connectivity index (χ0n) is 16.8. The Bertz CT molecular complexity index is 1050. The van der Waals surface area contributed by atoms with Crippen molar-refractivity contribution in [3.8, 4) is 16.9 Å². The third-order valence-corrected chi connectivity index (χ3v) is 5.55. The van der Waals surface area contributed by atoms with Crippen molar-refractivity contribution >= 4 is 23.4 Å². The number of amides is 2. The summed E-state index contributed by atoms with van der Waals surface area (Å²) in [5.74, 6) is -0.0411. The maximum absolute atomic E-state index is 13.5. The fourth-order valence-corrected chi connectivity index (χ4v) is 3.78. The lowest BCUT2D eigenvalue weighted by molar-refractivity contribution is -0.128. The fraction of sp³-hybridized carbons (Fsp3) is 0.261. The Morgan fingerprint density at radius 2 is 1.57 bits per heavy atom. The maximum atomic E-state index is 13.5. The Balaban J connectivity index is 1.69. The second-order valence-electron chi connectivity index (χ2n) is 7.32. The van der Waals surface area contributed by atoms with Crippen molar-refractivity contribution in [3.05, 3.63) is 71.4 Å². The average Bonchev–Trinajstić information content (AvgIpc) is 3.04. The van der Waals surface area contributed by atoms with Crippen LogP contribution in [0.3, 0.4) is 0 Å². The highest BCUT2D eigenvalue weighted by Crippen LogP contribution is 2.24. The summed E-state index contributed by atoms with van der Waals surface area (Å²) >= 11 is 6.02. The molecule has 154 valence electrons. The van der Waals surface area contributed by atoms with E-state index in [2.05, 4.69) is 0 Å². The first kappa shape index (κ1) is 20.2. The van der Waals surface area contributed by atoms with Crippen molar-refractivity contribution < 1.29 is 9.59 Å². The molecule has 4 rings (SSSR count). The molecule has 0 spiro atoms. The van der Waals surface area contributed by atoms with Crippen LogP contribution in [-0.2, 0) is 4.79 Å². The van der Waals surface area contributed by atoms with Crippen LogP contribution in [0.5, 0.6) is 0 Å². The molecule has 0 aliphatic carbocycles. The van der Waals surface area contributed by atoms with Gasteiger partial charge in [0.05, 0.1) is 11.4 Å². The highest BCUT2D eigenvalue weighted by atomic mass is 35.5. The predicted octanol–water partition coefficient (Wildman–Crippen LogP) is 3.89. The lowest BCUT2D eigenvalue weighted by atomic mass is 10.1. The van der Waals surface area contributed by atoms with Crippen LogP contribution < -0.4 is 0 Å². The van der Waals surface area contributed by atoms with E-state index in [9.17, 15) is 9.59 Å². The van der Waals surface area contributed by atoms with Gasteiger partial charge in [-0.05, 0) is 36.8 Å². The Morgan fingerprint density at radius 3 is 2.27 bits per heavy atom. The number of nitrogens with zero attached hydrogens (tertiary/aromatic N) is 4. The van der Waals surface area contributed by atoms with Gasteiger partial charge in [-0.2, -0.15) is 5.10 Å². The number of aromatic nitrogens is 2. The van der Waals surface area contributed by atoms with Crippen molar-refractivity contribution in [2.24, 2.45) is 0 Å². The molecule has 3 aromatic rings. The number of hydrogen-bond donors (Lipinski definition) is 0. The molecule has 7 heteroatoms. The van der Waals surface area contributed by atoms with Gasteiger partial charge >= 0.3 is 0 Å². The van der Waals surface area contributed by atoms with E-state index in [4.69, 9.17) is 16.7 Å². The van der Waals surface area contributed by atoms with E-state index in [0.717, 1.165) is 17.7 Å². The average molecular weight is 423 g/mol. The fourth-order valence-electron chi connectivity index (χ4n) is 3.66. The molecule has 2 aromatic carbocycles. The van der Waals surface area contributed by atoms with Crippen LogP contribution in [0.4, 0.5) is 0 Å². The van der Waals surface area contributed by atoms with E-state index >= 15 is 0 Å². The third-order valence-electron chi connectivity index (χ3n) is 5.30. The molecule has 6 nitrogen and oxygen atoms in total. The van der Waals surface area contributed by atoms with Crippen molar-refractivity contribution in [2.45, 2.75) is 13.3 Å². The van der Waals surface area contributed by atoms with Gasteiger partial charge in [-0.25, -0.2) is 4.68 Å². The summed E-state index contributed by atoms with van der Waals surface area (Å²) in [7, 11) is 0. The molecule has 0 atom stereocenters. The van der Waals surface area contributed by atoms with Crippen LogP contribution >= 0.6 is 11.6 Å².